The monoisotopic (exact) mass is 257 g/mol. The number of nitrogens with zero attached hydrogens (tertiary/aromatic N) is 2. The zero-order valence-electron chi connectivity index (χ0n) is 12.6. The van der Waals surface area contributed by atoms with Crippen molar-refractivity contribution in [3.05, 3.63) is 0 Å². The number of nitrogens with two attached hydrogens (primary N) is 1. The lowest BCUT2D eigenvalue weighted by Gasteiger charge is -2.44. The summed E-state index contributed by atoms with van der Waals surface area (Å²) >= 11 is 0. The van der Waals surface area contributed by atoms with E-state index in [0.717, 1.165) is 26.2 Å². The van der Waals surface area contributed by atoms with Gasteiger partial charge in [0.1, 0.15) is 0 Å². The van der Waals surface area contributed by atoms with Gasteiger partial charge < -0.3 is 15.4 Å². The van der Waals surface area contributed by atoms with Crippen LogP contribution in [0.25, 0.3) is 0 Å². The van der Waals surface area contributed by atoms with Crippen LogP contribution in [0, 0.1) is 0 Å². The molecule has 4 heteroatoms. The molecule has 2 N–H and O–H groups in total. The van der Waals surface area contributed by atoms with Crippen LogP contribution in [0.3, 0.4) is 0 Å². The molecule has 1 aliphatic heterocycles. The van der Waals surface area contributed by atoms with Crippen LogP contribution in [0.4, 0.5) is 0 Å². The number of likely N-dealkylation sites (N-methyl/N-ethyl adjacent to an activating group) is 1. The smallest absolute Gasteiger partial charge is 0.0615 e. The fourth-order valence-electron chi connectivity index (χ4n) is 3.07. The first-order valence-corrected chi connectivity index (χ1v) is 7.24. The third kappa shape index (κ3) is 3.67. The Morgan fingerprint density at radius 2 is 2.11 bits per heavy atom. The van der Waals surface area contributed by atoms with Gasteiger partial charge in [0, 0.05) is 25.2 Å². The Morgan fingerprint density at radius 1 is 1.39 bits per heavy atom. The highest BCUT2D eigenvalue weighted by atomic mass is 16.5. The number of hydrogen-bond donors (Lipinski definition) is 1. The Labute approximate surface area is 112 Å². The molecule has 0 bridgehead atoms. The third-order valence-corrected chi connectivity index (χ3v) is 4.65. The summed E-state index contributed by atoms with van der Waals surface area (Å²) in [5, 5.41) is 0. The van der Waals surface area contributed by atoms with Crippen LogP contribution in [0.5, 0.6) is 0 Å². The topological polar surface area (TPSA) is 41.7 Å². The molecule has 0 aromatic rings. The summed E-state index contributed by atoms with van der Waals surface area (Å²) in [6.07, 6.45) is 3.61. The van der Waals surface area contributed by atoms with Crippen molar-refractivity contribution >= 4 is 0 Å². The van der Waals surface area contributed by atoms with Crippen molar-refractivity contribution in [3.8, 4) is 0 Å². The number of ether oxygens (including phenoxy) is 1. The number of likely N-dealkylation sites (tertiary alicyclic amines) is 1. The Morgan fingerprint density at radius 3 is 2.67 bits per heavy atom. The molecule has 1 saturated heterocycles. The van der Waals surface area contributed by atoms with Gasteiger partial charge in [-0.15, -0.1) is 0 Å². The van der Waals surface area contributed by atoms with Gasteiger partial charge >= 0.3 is 0 Å². The highest BCUT2D eigenvalue weighted by Crippen LogP contribution is 2.28. The molecule has 0 spiro atoms. The molecule has 4 nitrogen and oxygen atoms in total. The second kappa shape index (κ2) is 7.43. The van der Waals surface area contributed by atoms with E-state index >= 15 is 0 Å². The summed E-state index contributed by atoms with van der Waals surface area (Å²) in [5.74, 6) is 0. The molecule has 2 unspecified atom stereocenters. The van der Waals surface area contributed by atoms with Crippen molar-refractivity contribution in [3.63, 3.8) is 0 Å². The van der Waals surface area contributed by atoms with Gasteiger partial charge in [0.25, 0.3) is 0 Å². The summed E-state index contributed by atoms with van der Waals surface area (Å²) in [7, 11) is 3.98. The predicted molar refractivity (Wildman–Crippen MR) is 76.9 cm³/mol. The standard InChI is InChI=1S/C14H31N3O/c1-5-17-9-6-7-14(12-15,8-10-17)16(3)13(2)11-18-4/h13H,5-12,15H2,1-4H3. The maximum Gasteiger partial charge on any atom is 0.0615 e. The Bertz CT molecular complexity index is 237. The molecule has 0 amide bonds. The molecule has 18 heavy (non-hydrogen) atoms. The third-order valence-electron chi connectivity index (χ3n) is 4.65. The van der Waals surface area contributed by atoms with Crippen LogP contribution in [0.1, 0.15) is 33.1 Å². The van der Waals surface area contributed by atoms with Crippen LogP contribution in [-0.4, -0.2) is 68.3 Å². The van der Waals surface area contributed by atoms with E-state index in [1.807, 2.05) is 0 Å². The van der Waals surface area contributed by atoms with Gasteiger partial charge in [0.2, 0.25) is 0 Å². The highest BCUT2D eigenvalue weighted by Gasteiger charge is 2.36. The quantitative estimate of drug-likeness (QED) is 0.775. The lowest BCUT2D eigenvalue weighted by molar-refractivity contribution is 0.0291. The average molecular weight is 257 g/mol. The van der Waals surface area contributed by atoms with E-state index in [-0.39, 0.29) is 5.54 Å². The van der Waals surface area contributed by atoms with Gasteiger partial charge in [-0.3, -0.25) is 4.90 Å². The maximum atomic E-state index is 6.13. The number of rotatable bonds is 6. The highest BCUT2D eigenvalue weighted by molar-refractivity contribution is 4.95. The van der Waals surface area contributed by atoms with E-state index < -0.39 is 0 Å². The second-order valence-corrected chi connectivity index (χ2v) is 5.63. The molecule has 0 aromatic heterocycles. The largest absolute Gasteiger partial charge is 0.383 e. The van der Waals surface area contributed by atoms with Crippen LogP contribution in [0.15, 0.2) is 0 Å². The van der Waals surface area contributed by atoms with E-state index in [9.17, 15) is 0 Å². The minimum atomic E-state index is 0.155. The fraction of sp³-hybridized carbons (Fsp3) is 1.00. The first-order chi connectivity index (χ1) is 8.59. The SMILES string of the molecule is CCN1CCCC(CN)(N(C)C(C)COC)CC1. The van der Waals surface area contributed by atoms with E-state index in [1.165, 1.54) is 25.8 Å². The van der Waals surface area contributed by atoms with Gasteiger partial charge in [0.15, 0.2) is 0 Å². The second-order valence-electron chi connectivity index (χ2n) is 5.63. The zero-order valence-corrected chi connectivity index (χ0v) is 12.6. The molecule has 0 aliphatic carbocycles. The van der Waals surface area contributed by atoms with Crippen LogP contribution < -0.4 is 5.73 Å². The Hall–Kier alpha value is -0.160. The number of hydrogen-bond acceptors (Lipinski definition) is 4. The maximum absolute atomic E-state index is 6.13. The van der Waals surface area contributed by atoms with Crippen molar-refractivity contribution in [1.29, 1.82) is 0 Å². The number of methoxy groups -OCH3 is 1. The average Bonchev–Trinajstić information content (AvgIpc) is 2.61. The van der Waals surface area contributed by atoms with Gasteiger partial charge in [-0.2, -0.15) is 0 Å². The van der Waals surface area contributed by atoms with Gasteiger partial charge in [-0.05, 0) is 52.9 Å². The molecule has 0 aromatic carbocycles. The minimum absolute atomic E-state index is 0.155. The predicted octanol–water partition coefficient (Wildman–Crippen LogP) is 1.16. The zero-order chi connectivity index (χ0) is 13.6. The Balaban J connectivity index is 2.71. The molecule has 1 rings (SSSR count). The molecule has 1 heterocycles. The van der Waals surface area contributed by atoms with Crippen LogP contribution in [-0.2, 0) is 4.74 Å². The first-order valence-electron chi connectivity index (χ1n) is 7.24. The summed E-state index contributed by atoms with van der Waals surface area (Å²) in [5.41, 5.74) is 6.28. The van der Waals surface area contributed by atoms with E-state index in [2.05, 4.69) is 30.7 Å². The van der Waals surface area contributed by atoms with E-state index in [4.69, 9.17) is 10.5 Å². The lowest BCUT2D eigenvalue weighted by Crippen LogP contribution is -2.56. The van der Waals surface area contributed by atoms with Crippen LogP contribution in [0.2, 0.25) is 0 Å². The van der Waals surface area contributed by atoms with Crippen molar-refractivity contribution in [1.82, 2.24) is 9.80 Å². The minimum Gasteiger partial charge on any atom is -0.383 e. The summed E-state index contributed by atoms with van der Waals surface area (Å²) in [6, 6.07) is 0.423. The van der Waals surface area contributed by atoms with Crippen molar-refractivity contribution < 1.29 is 4.74 Å². The summed E-state index contributed by atoms with van der Waals surface area (Å²) in [4.78, 5) is 4.99. The van der Waals surface area contributed by atoms with Gasteiger partial charge in [0.05, 0.1) is 6.61 Å². The van der Waals surface area contributed by atoms with Gasteiger partial charge in [-0.25, -0.2) is 0 Å². The van der Waals surface area contributed by atoms with Gasteiger partial charge in [-0.1, -0.05) is 6.92 Å². The molecule has 108 valence electrons. The molecule has 2 atom stereocenters. The Kier molecular flexibility index (Phi) is 6.57. The molecule has 1 aliphatic rings. The first kappa shape index (κ1) is 15.9. The van der Waals surface area contributed by atoms with E-state index in [1.54, 1.807) is 7.11 Å². The normalized spacial score (nSPS) is 28.3. The molecular weight excluding hydrogens is 226 g/mol. The van der Waals surface area contributed by atoms with Crippen molar-refractivity contribution in [2.45, 2.75) is 44.7 Å². The van der Waals surface area contributed by atoms with Crippen LogP contribution >= 0.6 is 0 Å². The van der Waals surface area contributed by atoms with Crippen molar-refractivity contribution in [2.24, 2.45) is 5.73 Å². The van der Waals surface area contributed by atoms with E-state index in [0.29, 0.717) is 6.04 Å². The molecule has 0 radical (unpaired) electrons. The molecule has 1 fully saturated rings. The molecular formula is C14H31N3O. The fourth-order valence-corrected chi connectivity index (χ4v) is 3.07. The van der Waals surface area contributed by atoms with Crippen molar-refractivity contribution in [2.75, 3.05) is 46.9 Å². The molecule has 0 saturated carbocycles. The summed E-state index contributed by atoms with van der Waals surface area (Å²) < 4.78 is 5.29. The lowest BCUT2D eigenvalue weighted by atomic mass is 9.87. The summed E-state index contributed by atoms with van der Waals surface area (Å²) in [6.45, 7) is 9.52.